The molecule has 0 amide bonds. The summed E-state index contributed by atoms with van der Waals surface area (Å²) in [4.78, 5) is 7.01. The Balaban J connectivity index is 2.28. The van der Waals surface area contributed by atoms with Gasteiger partial charge in [-0.3, -0.25) is 4.98 Å². The highest BCUT2D eigenvalue weighted by Gasteiger charge is 2.23. The standard InChI is InChI=1S/C13H21N3/c1-9-5-6-13(12(4)15-9)16-8-10(2)14-7-11(16)3/h5-6,10-11,14H,7-8H2,1-4H3. The van der Waals surface area contributed by atoms with Crippen LogP contribution in [0.25, 0.3) is 0 Å². The van der Waals surface area contributed by atoms with Crippen LogP contribution in [0.1, 0.15) is 25.2 Å². The lowest BCUT2D eigenvalue weighted by atomic mass is 10.1. The van der Waals surface area contributed by atoms with Crippen molar-refractivity contribution in [1.29, 1.82) is 0 Å². The van der Waals surface area contributed by atoms with Crippen LogP contribution in [0.4, 0.5) is 5.69 Å². The summed E-state index contributed by atoms with van der Waals surface area (Å²) in [6, 6.07) is 5.39. The summed E-state index contributed by atoms with van der Waals surface area (Å²) in [5.74, 6) is 0. The van der Waals surface area contributed by atoms with Crippen LogP contribution in [0.3, 0.4) is 0 Å². The molecule has 1 fully saturated rings. The quantitative estimate of drug-likeness (QED) is 0.781. The van der Waals surface area contributed by atoms with E-state index in [4.69, 9.17) is 0 Å². The molecule has 1 aliphatic rings. The van der Waals surface area contributed by atoms with Crippen LogP contribution in [0.2, 0.25) is 0 Å². The number of rotatable bonds is 1. The molecule has 1 aromatic heterocycles. The molecule has 1 aliphatic heterocycles. The SMILES string of the molecule is Cc1ccc(N2CC(C)NCC2C)c(C)n1. The van der Waals surface area contributed by atoms with Crippen molar-refractivity contribution < 1.29 is 0 Å². The molecule has 2 unspecified atom stereocenters. The van der Waals surface area contributed by atoms with Crippen molar-refractivity contribution in [3.63, 3.8) is 0 Å². The molecule has 3 heteroatoms. The van der Waals surface area contributed by atoms with E-state index in [9.17, 15) is 0 Å². The Morgan fingerprint density at radius 2 is 2.06 bits per heavy atom. The summed E-state index contributed by atoms with van der Waals surface area (Å²) < 4.78 is 0. The van der Waals surface area contributed by atoms with Gasteiger partial charge in [-0.25, -0.2) is 0 Å². The molecule has 0 saturated carbocycles. The van der Waals surface area contributed by atoms with Crippen LogP contribution < -0.4 is 10.2 Å². The normalized spacial score (nSPS) is 25.9. The maximum absolute atomic E-state index is 4.55. The Morgan fingerprint density at radius 3 is 2.75 bits per heavy atom. The van der Waals surface area contributed by atoms with Crippen LogP contribution >= 0.6 is 0 Å². The van der Waals surface area contributed by atoms with E-state index in [0.29, 0.717) is 12.1 Å². The van der Waals surface area contributed by atoms with Crippen LogP contribution in [0.15, 0.2) is 12.1 Å². The zero-order valence-electron chi connectivity index (χ0n) is 10.6. The van der Waals surface area contributed by atoms with Crippen molar-refractivity contribution in [2.24, 2.45) is 0 Å². The van der Waals surface area contributed by atoms with Gasteiger partial charge in [-0.15, -0.1) is 0 Å². The van der Waals surface area contributed by atoms with Gasteiger partial charge in [0.2, 0.25) is 0 Å². The first kappa shape index (κ1) is 11.4. The minimum atomic E-state index is 0.541. The van der Waals surface area contributed by atoms with E-state index in [-0.39, 0.29) is 0 Å². The number of anilines is 1. The molecule has 0 radical (unpaired) electrons. The largest absolute Gasteiger partial charge is 0.365 e. The average Bonchev–Trinajstić information content (AvgIpc) is 2.22. The van der Waals surface area contributed by atoms with Crippen LogP contribution in [-0.4, -0.2) is 30.2 Å². The minimum absolute atomic E-state index is 0.541. The number of pyridine rings is 1. The molecule has 2 atom stereocenters. The van der Waals surface area contributed by atoms with Gasteiger partial charge in [-0.05, 0) is 39.8 Å². The molecule has 2 rings (SSSR count). The molecule has 16 heavy (non-hydrogen) atoms. The lowest BCUT2D eigenvalue weighted by Crippen LogP contribution is -2.54. The lowest BCUT2D eigenvalue weighted by molar-refractivity contribution is 0.424. The van der Waals surface area contributed by atoms with Crippen molar-refractivity contribution in [3.8, 4) is 0 Å². The molecule has 88 valence electrons. The summed E-state index contributed by atoms with van der Waals surface area (Å²) in [5, 5.41) is 3.50. The van der Waals surface area contributed by atoms with E-state index in [2.05, 4.69) is 48.1 Å². The average molecular weight is 219 g/mol. The second-order valence-electron chi connectivity index (χ2n) is 4.87. The third-order valence-corrected chi connectivity index (χ3v) is 3.27. The van der Waals surface area contributed by atoms with Crippen LogP contribution in [0.5, 0.6) is 0 Å². The number of piperazine rings is 1. The predicted molar refractivity (Wildman–Crippen MR) is 68.0 cm³/mol. The van der Waals surface area contributed by atoms with Gasteiger partial charge in [-0.1, -0.05) is 0 Å². The topological polar surface area (TPSA) is 28.2 Å². The van der Waals surface area contributed by atoms with Crippen molar-refractivity contribution in [2.45, 2.75) is 39.8 Å². The number of hydrogen-bond acceptors (Lipinski definition) is 3. The first-order valence-corrected chi connectivity index (χ1v) is 6.02. The fourth-order valence-corrected chi connectivity index (χ4v) is 2.34. The third kappa shape index (κ3) is 2.19. The van der Waals surface area contributed by atoms with Crippen molar-refractivity contribution >= 4 is 5.69 Å². The highest BCUT2D eigenvalue weighted by Crippen LogP contribution is 2.22. The third-order valence-electron chi connectivity index (χ3n) is 3.27. The minimum Gasteiger partial charge on any atom is -0.365 e. The smallest absolute Gasteiger partial charge is 0.0609 e. The Labute approximate surface area is 97.9 Å². The van der Waals surface area contributed by atoms with Crippen molar-refractivity contribution in [3.05, 3.63) is 23.5 Å². The number of nitrogens with one attached hydrogen (secondary N) is 1. The second-order valence-corrected chi connectivity index (χ2v) is 4.87. The van der Waals surface area contributed by atoms with E-state index in [1.807, 2.05) is 6.92 Å². The zero-order valence-corrected chi connectivity index (χ0v) is 10.6. The highest BCUT2D eigenvalue weighted by atomic mass is 15.2. The number of aromatic nitrogens is 1. The Hall–Kier alpha value is -1.09. The maximum Gasteiger partial charge on any atom is 0.0609 e. The first-order chi connectivity index (χ1) is 7.58. The molecule has 3 nitrogen and oxygen atoms in total. The van der Waals surface area contributed by atoms with E-state index in [0.717, 1.165) is 24.5 Å². The Kier molecular flexibility index (Phi) is 3.15. The summed E-state index contributed by atoms with van der Waals surface area (Å²) >= 11 is 0. The summed E-state index contributed by atoms with van der Waals surface area (Å²) in [6.07, 6.45) is 0. The van der Waals surface area contributed by atoms with Gasteiger partial charge >= 0.3 is 0 Å². The Morgan fingerprint density at radius 1 is 1.31 bits per heavy atom. The van der Waals surface area contributed by atoms with Gasteiger partial charge in [0.05, 0.1) is 11.4 Å². The fourth-order valence-electron chi connectivity index (χ4n) is 2.34. The molecule has 0 bridgehead atoms. The van der Waals surface area contributed by atoms with Crippen LogP contribution in [-0.2, 0) is 0 Å². The number of aryl methyl sites for hydroxylation is 2. The number of nitrogens with zero attached hydrogens (tertiary/aromatic N) is 2. The van der Waals surface area contributed by atoms with Crippen molar-refractivity contribution in [1.82, 2.24) is 10.3 Å². The summed E-state index contributed by atoms with van der Waals surface area (Å²) in [7, 11) is 0. The molecule has 1 aromatic rings. The molecule has 0 spiro atoms. The molecule has 2 heterocycles. The highest BCUT2D eigenvalue weighted by molar-refractivity contribution is 5.52. The van der Waals surface area contributed by atoms with Gasteiger partial charge in [0.1, 0.15) is 0 Å². The maximum atomic E-state index is 4.55. The molecular weight excluding hydrogens is 198 g/mol. The van der Waals surface area contributed by atoms with Gasteiger partial charge < -0.3 is 10.2 Å². The lowest BCUT2D eigenvalue weighted by Gasteiger charge is -2.39. The van der Waals surface area contributed by atoms with E-state index in [1.54, 1.807) is 0 Å². The first-order valence-electron chi connectivity index (χ1n) is 6.02. The van der Waals surface area contributed by atoms with Crippen LogP contribution in [0, 0.1) is 13.8 Å². The zero-order chi connectivity index (χ0) is 11.7. The molecule has 1 saturated heterocycles. The van der Waals surface area contributed by atoms with Gasteiger partial charge in [0.25, 0.3) is 0 Å². The molecule has 0 aliphatic carbocycles. The Bertz CT molecular complexity index is 375. The molecule has 1 N–H and O–H groups in total. The second kappa shape index (κ2) is 4.42. The molecule has 0 aromatic carbocycles. The number of hydrogen-bond donors (Lipinski definition) is 1. The van der Waals surface area contributed by atoms with E-state index < -0.39 is 0 Å². The van der Waals surface area contributed by atoms with Gasteiger partial charge in [-0.2, -0.15) is 0 Å². The van der Waals surface area contributed by atoms with E-state index >= 15 is 0 Å². The van der Waals surface area contributed by atoms with E-state index in [1.165, 1.54) is 5.69 Å². The monoisotopic (exact) mass is 219 g/mol. The van der Waals surface area contributed by atoms with Gasteiger partial charge in [0, 0.05) is 30.9 Å². The summed E-state index contributed by atoms with van der Waals surface area (Å²) in [6.45, 7) is 10.7. The molecular formula is C13H21N3. The van der Waals surface area contributed by atoms with Gasteiger partial charge in [0.15, 0.2) is 0 Å². The predicted octanol–water partition coefficient (Wildman–Crippen LogP) is 1.89. The fraction of sp³-hybridized carbons (Fsp3) is 0.615. The van der Waals surface area contributed by atoms with Crippen molar-refractivity contribution in [2.75, 3.05) is 18.0 Å². The summed E-state index contributed by atoms with van der Waals surface area (Å²) in [5.41, 5.74) is 3.52.